The van der Waals surface area contributed by atoms with Crippen LogP contribution in [0, 0.1) is 5.41 Å². The van der Waals surface area contributed by atoms with Crippen LogP contribution in [0.1, 0.15) is 10.4 Å². The van der Waals surface area contributed by atoms with Crippen molar-refractivity contribution in [2.45, 2.75) is 0 Å². The third kappa shape index (κ3) is 5.07. The Labute approximate surface area is 99.5 Å². The molecule has 6 nitrogen and oxygen atoms in total. The Morgan fingerprint density at radius 1 is 1.53 bits per heavy atom. The van der Waals surface area contributed by atoms with Crippen LogP contribution in [0.3, 0.4) is 0 Å². The number of ether oxygens (including phenoxy) is 2. The monoisotopic (exact) mass is 238 g/mol. The summed E-state index contributed by atoms with van der Waals surface area (Å²) < 4.78 is 11.7. The van der Waals surface area contributed by atoms with Gasteiger partial charge in [0, 0.05) is 6.07 Å². The quantitative estimate of drug-likeness (QED) is 0.232. The molecule has 0 unspecified atom stereocenters. The first-order valence-corrected chi connectivity index (χ1v) is 5.12. The lowest BCUT2D eigenvalue weighted by Crippen LogP contribution is -2.28. The molecule has 1 rings (SSSR count). The van der Waals surface area contributed by atoms with Gasteiger partial charge in [0.05, 0.1) is 6.61 Å². The van der Waals surface area contributed by atoms with Gasteiger partial charge in [0.15, 0.2) is 12.4 Å². The molecule has 0 aliphatic heterocycles. The van der Waals surface area contributed by atoms with E-state index in [9.17, 15) is 4.79 Å². The second-order valence-corrected chi connectivity index (χ2v) is 3.47. The molecule has 17 heavy (non-hydrogen) atoms. The molecule has 0 bridgehead atoms. The number of carbonyl (C=O) groups is 1. The fraction of sp³-hybridized carbons (Fsp3) is 0.364. The van der Waals surface area contributed by atoms with Crippen LogP contribution in [0.2, 0.25) is 0 Å². The van der Waals surface area contributed by atoms with Gasteiger partial charge >= 0.3 is 5.97 Å². The molecule has 92 valence electrons. The molecule has 0 saturated heterocycles. The van der Waals surface area contributed by atoms with E-state index in [-0.39, 0.29) is 25.7 Å². The lowest BCUT2D eigenvalue weighted by molar-refractivity contribution is -0.671. The Hall–Kier alpha value is -1.95. The normalized spacial score (nSPS) is 9.94. The van der Waals surface area contributed by atoms with E-state index in [0.717, 1.165) is 0 Å². The number of carbonyl (C=O) groups excluding carboxylic acids is 1. The number of amidine groups is 1. The molecule has 0 aliphatic rings. The molecule has 3 N–H and O–H groups in total. The van der Waals surface area contributed by atoms with Crippen molar-refractivity contribution >= 4 is 11.8 Å². The summed E-state index contributed by atoms with van der Waals surface area (Å²) in [7, 11) is 1.83. The first-order chi connectivity index (χ1) is 8.09. The van der Waals surface area contributed by atoms with Gasteiger partial charge in [-0.3, -0.25) is 5.41 Å². The van der Waals surface area contributed by atoms with Crippen molar-refractivity contribution in [3.8, 4) is 0 Å². The molecule has 0 spiro atoms. The van der Waals surface area contributed by atoms with E-state index in [2.05, 4.69) is 0 Å². The number of rotatable bonds is 6. The number of nitrogens with zero attached hydrogens (tertiary/aromatic N) is 1. The summed E-state index contributed by atoms with van der Waals surface area (Å²) in [6, 6.07) is 3.45. The van der Waals surface area contributed by atoms with E-state index in [0.29, 0.717) is 5.56 Å². The topological polar surface area (TPSA) is 89.3 Å². The molecule has 1 aromatic heterocycles. The van der Waals surface area contributed by atoms with Gasteiger partial charge in [-0.2, -0.15) is 0 Å². The molecule has 0 aliphatic carbocycles. The summed E-state index contributed by atoms with van der Waals surface area (Å²) in [5.41, 5.74) is 5.58. The van der Waals surface area contributed by atoms with Crippen molar-refractivity contribution < 1.29 is 18.8 Å². The van der Waals surface area contributed by atoms with Gasteiger partial charge in [-0.25, -0.2) is 9.36 Å². The Balaban J connectivity index is 2.28. The van der Waals surface area contributed by atoms with E-state index < -0.39 is 5.97 Å². The molecule has 0 atom stereocenters. The fourth-order valence-electron chi connectivity index (χ4n) is 1.17. The zero-order valence-corrected chi connectivity index (χ0v) is 9.68. The molecule has 0 fully saturated rings. The van der Waals surface area contributed by atoms with Crippen molar-refractivity contribution in [2.24, 2.45) is 12.8 Å². The van der Waals surface area contributed by atoms with Crippen LogP contribution in [0.25, 0.3) is 0 Å². The Kier molecular flexibility index (Phi) is 5.09. The summed E-state index contributed by atoms with van der Waals surface area (Å²) in [6.07, 6.45) is 3.51. The molecule has 1 heterocycles. The van der Waals surface area contributed by atoms with E-state index in [1.807, 2.05) is 13.2 Å². The maximum Gasteiger partial charge on any atom is 0.344 e. The largest absolute Gasteiger partial charge is 0.459 e. The highest BCUT2D eigenvalue weighted by Gasteiger charge is 2.09. The third-order valence-electron chi connectivity index (χ3n) is 1.89. The number of hydrogen-bond donors (Lipinski definition) is 2. The lowest BCUT2D eigenvalue weighted by Gasteiger charge is -2.04. The van der Waals surface area contributed by atoms with Gasteiger partial charge in [0.25, 0.3) is 0 Å². The average Bonchev–Trinajstić information content (AvgIpc) is 2.28. The predicted molar refractivity (Wildman–Crippen MR) is 60.6 cm³/mol. The van der Waals surface area contributed by atoms with Crippen LogP contribution in [-0.2, 0) is 16.5 Å². The zero-order valence-electron chi connectivity index (χ0n) is 9.68. The molecule has 0 radical (unpaired) electrons. The van der Waals surface area contributed by atoms with E-state index in [1.165, 1.54) is 0 Å². The fourth-order valence-corrected chi connectivity index (χ4v) is 1.17. The van der Waals surface area contributed by atoms with Gasteiger partial charge in [-0.15, -0.1) is 0 Å². The Morgan fingerprint density at radius 2 is 2.29 bits per heavy atom. The van der Waals surface area contributed by atoms with Gasteiger partial charge in [-0.1, -0.05) is 0 Å². The second-order valence-electron chi connectivity index (χ2n) is 3.47. The smallest absolute Gasteiger partial charge is 0.344 e. The number of esters is 1. The molecule has 1 aromatic rings. The molecule has 0 aromatic carbocycles. The second kappa shape index (κ2) is 6.59. The maximum absolute atomic E-state index is 11.5. The van der Waals surface area contributed by atoms with Crippen molar-refractivity contribution in [3.63, 3.8) is 0 Å². The van der Waals surface area contributed by atoms with Gasteiger partial charge in [0.1, 0.15) is 31.7 Å². The van der Waals surface area contributed by atoms with Crippen molar-refractivity contribution in [2.75, 3.05) is 19.8 Å². The van der Waals surface area contributed by atoms with Crippen LogP contribution < -0.4 is 10.3 Å². The number of hydrogen-bond acceptors (Lipinski definition) is 4. The Morgan fingerprint density at radius 3 is 2.94 bits per heavy atom. The van der Waals surface area contributed by atoms with Crippen LogP contribution >= 0.6 is 0 Å². The number of nitrogens with two attached hydrogens (primary N) is 1. The molecule has 0 amide bonds. The molecule has 0 saturated carbocycles. The van der Waals surface area contributed by atoms with Gasteiger partial charge in [0.2, 0.25) is 0 Å². The van der Waals surface area contributed by atoms with E-state index in [1.54, 1.807) is 22.9 Å². The van der Waals surface area contributed by atoms with Crippen molar-refractivity contribution in [1.82, 2.24) is 0 Å². The Bertz CT molecular complexity index is 407. The number of nitrogens with one attached hydrogen (secondary N) is 1. The minimum atomic E-state index is -0.396. The van der Waals surface area contributed by atoms with Crippen LogP contribution in [0.15, 0.2) is 24.5 Å². The summed E-state index contributed by atoms with van der Waals surface area (Å²) in [4.78, 5) is 11.5. The highest BCUT2D eigenvalue weighted by atomic mass is 16.6. The predicted octanol–water partition coefficient (Wildman–Crippen LogP) is -0.380. The van der Waals surface area contributed by atoms with E-state index >= 15 is 0 Å². The van der Waals surface area contributed by atoms with Crippen molar-refractivity contribution in [1.29, 1.82) is 5.41 Å². The third-order valence-corrected chi connectivity index (χ3v) is 1.89. The maximum atomic E-state index is 11.5. The number of pyridine rings is 1. The first kappa shape index (κ1) is 13.1. The standard InChI is InChI=1S/C11H16N3O3/c1-14-4-2-3-9(7-14)11(15)17-6-5-16-8-10(12)13/h2-4,7H,5-6,8H2,1H3,(H3,12,13)/q+1. The highest BCUT2D eigenvalue weighted by Crippen LogP contribution is 1.97. The molecular formula is C11H16N3O3+. The summed E-state index contributed by atoms with van der Waals surface area (Å²) in [6.45, 7) is 0.423. The average molecular weight is 238 g/mol. The molecule has 6 heteroatoms. The highest BCUT2D eigenvalue weighted by molar-refractivity contribution is 5.88. The summed E-state index contributed by atoms with van der Waals surface area (Å²) >= 11 is 0. The van der Waals surface area contributed by atoms with Crippen LogP contribution in [0.4, 0.5) is 0 Å². The molecular weight excluding hydrogens is 222 g/mol. The van der Waals surface area contributed by atoms with E-state index in [4.69, 9.17) is 20.6 Å². The minimum Gasteiger partial charge on any atom is -0.459 e. The SMILES string of the molecule is C[n+]1cccc(C(=O)OCCOCC(=N)N)c1. The van der Waals surface area contributed by atoms with Gasteiger partial charge in [-0.05, 0) is 6.07 Å². The van der Waals surface area contributed by atoms with Gasteiger partial charge < -0.3 is 15.2 Å². The van der Waals surface area contributed by atoms with Crippen LogP contribution in [-0.4, -0.2) is 31.6 Å². The number of aromatic nitrogens is 1. The number of aryl methyl sites for hydroxylation is 1. The summed E-state index contributed by atoms with van der Waals surface area (Å²) in [5.74, 6) is -0.445. The summed E-state index contributed by atoms with van der Waals surface area (Å²) in [5, 5.41) is 6.91. The lowest BCUT2D eigenvalue weighted by atomic mass is 10.3. The van der Waals surface area contributed by atoms with Crippen LogP contribution in [0.5, 0.6) is 0 Å². The van der Waals surface area contributed by atoms with Crippen molar-refractivity contribution in [3.05, 3.63) is 30.1 Å². The zero-order chi connectivity index (χ0) is 12.7. The minimum absolute atomic E-state index is 0.0496. The first-order valence-electron chi connectivity index (χ1n) is 5.12.